The van der Waals surface area contributed by atoms with E-state index in [0.29, 0.717) is 37.8 Å². The second-order valence-electron chi connectivity index (χ2n) is 7.21. The molecule has 8 nitrogen and oxygen atoms in total. The zero-order valence-corrected chi connectivity index (χ0v) is 17.4. The van der Waals surface area contributed by atoms with Crippen molar-refractivity contribution in [3.05, 3.63) is 65.7 Å². The number of aromatic nitrogens is 4. The average molecular weight is 413 g/mol. The molecule has 1 saturated heterocycles. The molecule has 0 atom stereocenters. The largest absolute Gasteiger partial charge is 0.354 e. The predicted molar refractivity (Wildman–Crippen MR) is 111 cm³/mol. The summed E-state index contributed by atoms with van der Waals surface area (Å²) in [6, 6.07) is 11.4. The van der Waals surface area contributed by atoms with Crippen LogP contribution in [0, 0.1) is 13.8 Å². The number of anilines is 1. The van der Waals surface area contributed by atoms with Crippen LogP contribution in [0.4, 0.5) is 5.82 Å². The molecule has 29 heavy (non-hydrogen) atoms. The summed E-state index contributed by atoms with van der Waals surface area (Å²) in [5.74, 6) is 2.18. The van der Waals surface area contributed by atoms with Crippen LogP contribution in [0.3, 0.4) is 0 Å². The van der Waals surface area contributed by atoms with E-state index in [2.05, 4.69) is 20.0 Å². The van der Waals surface area contributed by atoms with Gasteiger partial charge in [-0.25, -0.2) is 23.1 Å². The third-order valence-corrected chi connectivity index (χ3v) is 6.79. The number of nitrogens with zero attached hydrogens (tertiary/aromatic N) is 6. The van der Waals surface area contributed by atoms with E-state index in [1.807, 2.05) is 56.4 Å². The normalized spacial score (nSPS) is 15.6. The Labute approximate surface area is 170 Å². The van der Waals surface area contributed by atoms with E-state index >= 15 is 0 Å². The van der Waals surface area contributed by atoms with Gasteiger partial charge >= 0.3 is 0 Å². The van der Waals surface area contributed by atoms with Crippen LogP contribution >= 0.6 is 0 Å². The third kappa shape index (κ3) is 4.46. The van der Waals surface area contributed by atoms with E-state index in [1.54, 1.807) is 15.2 Å². The minimum absolute atomic E-state index is 0.0325. The number of rotatable bonds is 5. The molecule has 4 rings (SSSR count). The van der Waals surface area contributed by atoms with Gasteiger partial charge in [0.1, 0.15) is 11.6 Å². The highest BCUT2D eigenvalue weighted by atomic mass is 32.2. The van der Waals surface area contributed by atoms with E-state index in [1.165, 1.54) is 0 Å². The molecule has 0 N–H and O–H groups in total. The molecule has 1 aromatic carbocycles. The smallest absolute Gasteiger partial charge is 0.218 e. The van der Waals surface area contributed by atoms with E-state index < -0.39 is 10.0 Å². The van der Waals surface area contributed by atoms with Gasteiger partial charge in [0.15, 0.2) is 5.82 Å². The topological polar surface area (TPSA) is 84.2 Å². The molecule has 0 aliphatic carbocycles. The third-order valence-electron chi connectivity index (χ3n) is 4.94. The molecule has 0 amide bonds. The number of sulfonamides is 1. The van der Waals surface area contributed by atoms with Gasteiger partial charge in [-0.1, -0.05) is 29.8 Å². The van der Waals surface area contributed by atoms with Crippen LogP contribution in [0.25, 0.3) is 5.82 Å². The van der Waals surface area contributed by atoms with Crippen LogP contribution in [0.15, 0.2) is 48.8 Å². The molecule has 3 aromatic rings. The Morgan fingerprint density at radius 3 is 2.41 bits per heavy atom. The predicted octanol–water partition coefficient (Wildman–Crippen LogP) is 1.93. The van der Waals surface area contributed by atoms with Crippen molar-refractivity contribution in [3.63, 3.8) is 0 Å². The summed E-state index contributed by atoms with van der Waals surface area (Å²) < 4.78 is 29.0. The molecule has 0 saturated carbocycles. The first kappa shape index (κ1) is 19.5. The van der Waals surface area contributed by atoms with Gasteiger partial charge in [0, 0.05) is 44.6 Å². The number of hydrogen-bond acceptors (Lipinski definition) is 6. The monoisotopic (exact) mass is 412 g/mol. The van der Waals surface area contributed by atoms with Crippen LogP contribution in [0.2, 0.25) is 0 Å². The molecule has 0 bridgehead atoms. The first-order valence-corrected chi connectivity index (χ1v) is 11.2. The van der Waals surface area contributed by atoms with E-state index in [-0.39, 0.29) is 5.75 Å². The number of piperazine rings is 1. The van der Waals surface area contributed by atoms with Crippen molar-refractivity contribution in [2.75, 3.05) is 31.1 Å². The summed E-state index contributed by atoms with van der Waals surface area (Å²) in [6.45, 7) is 5.86. The maximum absolute atomic E-state index is 12.8. The molecule has 9 heteroatoms. The van der Waals surface area contributed by atoms with E-state index in [9.17, 15) is 8.42 Å². The fourth-order valence-corrected chi connectivity index (χ4v) is 5.02. The van der Waals surface area contributed by atoms with E-state index in [0.717, 1.165) is 16.9 Å². The number of benzene rings is 1. The summed E-state index contributed by atoms with van der Waals surface area (Å²) in [5.41, 5.74) is 1.89. The van der Waals surface area contributed by atoms with Crippen LogP contribution in [-0.4, -0.2) is 58.7 Å². The quantitative estimate of drug-likeness (QED) is 0.637. The Morgan fingerprint density at radius 2 is 1.72 bits per heavy atom. The van der Waals surface area contributed by atoms with Crippen molar-refractivity contribution < 1.29 is 8.42 Å². The second kappa shape index (κ2) is 7.92. The van der Waals surface area contributed by atoms with Crippen molar-refractivity contribution >= 4 is 15.8 Å². The summed E-state index contributed by atoms with van der Waals surface area (Å²) in [5, 5.41) is 4.22. The molecule has 0 spiro atoms. The molecular weight excluding hydrogens is 388 g/mol. The van der Waals surface area contributed by atoms with Gasteiger partial charge in [0.05, 0.1) is 5.75 Å². The van der Waals surface area contributed by atoms with Crippen molar-refractivity contribution in [1.29, 1.82) is 0 Å². The van der Waals surface area contributed by atoms with Crippen LogP contribution in [0.5, 0.6) is 0 Å². The molecule has 1 fully saturated rings. The highest BCUT2D eigenvalue weighted by molar-refractivity contribution is 7.88. The van der Waals surface area contributed by atoms with Crippen LogP contribution in [0.1, 0.15) is 17.0 Å². The lowest BCUT2D eigenvalue weighted by atomic mass is 10.2. The fraction of sp³-hybridized carbons (Fsp3) is 0.350. The minimum atomic E-state index is -3.35. The number of hydrogen-bond donors (Lipinski definition) is 0. The van der Waals surface area contributed by atoms with Gasteiger partial charge in [-0.2, -0.15) is 9.40 Å². The van der Waals surface area contributed by atoms with Crippen molar-refractivity contribution in [1.82, 2.24) is 24.1 Å². The highest BCUT2D eigenvalue weighted by Gasteiger charge is 2.28. The summed E-state index contributed by atoms with van der Waals surface area (Å²) in [4.78, 5) is 11.1. The molecule has 1 aliphatic heterocycles. The maximum atomic E-state index is 12.8. The summed E-state index contributed by atoms with van der Waals surface area (Å²) in [7, 11) is -3.35. The summed E-state index contributed by atoms with van der Waals surface area (Å²) in [6.07, 6.45) is 3.54. The van der Waals surface area contributed by atoms with Crippen molar-refractivity contribution in [2.45, 2.75) is 19.6 Å². The van der Waals surface area contributed by atoms with Crippen molar-refractivity contribution in [2.24, 2.45) is 0 Å². The van der Waals surface area contributed by atoms with E-state index in [4.69, 9.17) is 0 Å². The average Bonchev–Trinajstić information content (AvgIpc) is 3.22. The Bertz CT molecular complexity index is 1090. The van der Waals surface area contributed by atoms with Gasteiger partial charge in [0.25, 0.3) is 0 Å². The lowest BCUT2D eigenvalue weighted by Gasteiger charge is -2.34. The first-order chi connectivity index (χ1) is 13.9. The molecular formula is C20H24N6O2S. The lowest BCUT2D eigenvalue weighted by molar-refractivity contribution is 0.383. The lowest BCUT2D eigenvalue weighted by Crippen LogP contribution is -2.49. The van der Waals surface area contributed by atoms with Gasteiger partial charge in [-0.05, 0) is 25.5 Å². The minimum Gasteiger partial charge on any atom is -0.354 e. The highest BCUT2D eigenvalue weighted by Crippen LogP contribution is 2.20. The fourth-order valence-electron chi connectivity index (χ4n) is 3.52. The SMILES string of the molecule is Cc1cccc(CS(=O)(=O)N2CCN(c3cc(-n4cccn4)nc(C)n3)CC2)c1. The maximum Gasteiger partial charge on any atom is 0.218 e. The molecule has 1 aliphatic rings. The molecule has 0 unspecified atom stereocenters. The van der Waals surface area contributed by atoms with Crippen LogP contribution in [-0.2, 0) is 15.8 Å². The Balaban J connectivity index is 1.45. The summed E-state index contributed by atoms with van der Waals surface area (Å²) >= 11 is 0. The molecule has 2 aromatic heterocycles. The zero-order chi connectivity index (χ0) is 20.4. The Morgan fingerprint density at radius 1 is 0.966 bits per heavy atom. The first-order valence-electron chi connectivity index (χ1n) is 9.55. The Hall–Kier alpha value is -2.78. The van der Waals surface area contributed by atoms with Crippen LogP contribution < -0.4 is 4.90 Å². The van der Waals surface area contributed by atoms with Gasteiger partial charge in [0.2, 0.25) is 10.0 Å². The Kier molecular flexibility index (Phi) is 5.33. The molecule has 0 radical (unpaired) electrons. The molecule has 152 valence electrons. The van der Waals surface area contributed by atoms with Gasteiger partial charge < -0.3 is 4.90 Å². The molecule has 3 heterocycles. The number of aryl methyl sites for hydroxylation is 2. The van der Waals surface area contributed by atoms with Gasteiger partial charge in [-0.15, -0.1) is 0 Å². The second-order valence-corrected chi connectivity index (χ2v) is 9.18. The standard InChI is InChI=1S/C20H24N6O2S/c1-16-5-3-6-18(13-16)15-29(27,28)25-11-9-24(10-12-25)19-14-20(23-17(2)22-19)26-8-4-7-21-26/h3-8,13-14H,9-12,15H2,1-2H3. The van der Waals surface area contributed by atoms with Crippen molar-refractivity contribution in [3.8, 4) is 5.82 Å². The van der Waals surface area contributed by atoms with Gasteiger partial charge in [-0.3, -0.25) is 0 Å². The zero-order valence-electron chi connectivity index (χ0n) is 16.6.